The number of piperazine rings is 1. The minimum absolute atomic E-state index is 0.0808. The third-order valence-corrected chi connectivity index (χ3v) is 5.43. The number of rotatable bonds is 7. The zero-order valence-corrected chi connectivity index (χ0v) is 18.5. The van der Waals surface area contributed by atoms with E-state index in [1.165, 1.54) is 27.8 Å². The van der Waals surface area contributed by atoms with E-state index in [0.717, 1.165) is 12.1 Å². The van der Waals surface area contributed by atoms with Crippen LogP contribution in [-0.4, -0.2) is 98.4 Å². The summed E-state index contributed by atoms with van der Waals surface area (Å²) in [6.45, 7) is -0.156. The first-order chi connectivity index (χ1) is 15.7. The molecule has 0 aliphatic carbocycles. The molecule has 1 aromatic heterocycles. The lowest BCUT2D eigenvalue weighted by atomic mass is 10.1. The second-order valence-corrected chi connectivity index (χ2v) is 7.64. The van der Waals surface area contributed by atoms with Crippen molar-refractivity contribution in [3.05, 3.63) is 35.7 Å². The van der Waals surface area contributed by atoms with Crippen LogP contribution in [0.25, 0.3) is 5.69 Å². The fourth-order valence-electron chi connectivity index (χ4n) is 3.33. The van der Waals surface area contributed by atoms with Crippen molar-refractivity contribution >= 4 is 29.0 Å². The Morgan fingerprint density at radius 3 is 2.45 bits per heavy atom. The molecule has 3 rings (SSSR count). The standard InChI is InChI=1S/C19H24F2N6O5S/c1-32-19(33)22-8-11-9-27(24-23-11)12-6-13(20)16(14(21)7-12)25-2-4-26(5-3-25)18(31)17(30)15(29)10-28/h6-7,9,15,17,28-30H,2-5,8,10H2,1H3,(H,22,33)/t15-,17+/m0/s1. The van der Waals surface area contributed by atoms with Crippen LogP contribution in [-0.2, 0) is 16.1 Å². The zero-order valence-electron chi connectivity index (χ0n) is 17.7. The number of ether oxygens (including phenoxy) is 1. The predicted octanol–water partition coefficient (Wildman–Crippen LogP) is -1.07. The molecule has 0 saturated carbocycles. The molecule has 1 aromatic carbocycles. The number of aromatic nitrogens is 3. The number of halogens is 2. The van der Waals surface area contributed by atoms with Crippen molar-refractivity contribution in [1.82, 2.24) is 25.2 Å². The van der Waals surface area contributed by atoms with Gasteiger partial charge in [-0.15, -0.1) is 5.10 Å². The van der Waals surface area contributed by atoms with Gasteiger partial charge in [0.15, 0.2) is 17.7 Å². The molecule has 14 heteroatoms. The maximum Gasteiger partial charge on any atom is 0.256 e. The Balaban J connectivity index is 1.67. The largest absolute Gasteiger partial charge is 0.474 e. The summed E-state index contributed by atoms with van der Waals surface area (Å²) in [5.41, 5.74) is 0.375. The molecule has 1 aliphatic heterocycles. The third-order valence-electron chi connectivity index (χ3n) is 5.12. The fourth-order valence-corrected chi connectivity index (χ4v) is 3.40. The van der Waals surface area contributed by atoms with E-state index in [1.54, 1.807) is 0 Å². The van der Waals surface area contributed by atoms with E-state index >= 15 is 0 Å². The van der Waals surface area contributed by atoms with Crippen LogP contribution in [0.2, 0.25) is 0 Å². The van der Waals surface area contributed by atoms with E-state index in [1.807, 2.05) is 0 Å². The minimum Gasteiger partial charge on any atom is -0.474 e. The summed E-state index contributed by atoms with van der Waals surface area (Å²) in [4.78, 5) is 14.9. The van der Waals surface area contributed by atoms with Gasteiger partial charge >= 0.3 is 0 Å². The number of nitrogens with zero attached hydrogens (tertiary/aromatic N) is 5. The van der Waals surface area contributed by atoms with Crippen molar-refractivity contribution in [2.45, 2.75) is 18.8 Å². The summed E-state index contributed by atoms with van der Waals surface area (Å²) < 4.78 is 35.8. The highest BCUT2D eigenvalue weighted by molar-refractivity contribution is 7.80. The van der Waals surface area contributed by atoms with E-state index in [9.17, 15) is 23.8 Å². The number of thiocarbonyl (C=S) groups is 1. The summed E-state index contributed by atoms with van der Waals surface area (Å²) >= 11 is 4.87. The third kappa shape index (κ3) is 5.71. The molecular formula is C19H24F2N6O5S. The molecule has 2 atom stereocenters. The van der Waals surface area contributed by atoms with Crippen LogP contribution in [0.1, 0.15) is 5.69 Å². The van der Waals surface area contributed by atoms with Gasteiger partial charge in [0.1, 0.15) is 17.5 Å². The van der Waals surface area contributed by atoms with E-state index in [2.05, 4.69) is 15.6 Å². The molecule has 0 radical (unpaired) electrons. The summed E-state index contributed by atoms with van der Waals surface area (Å²) in [5.74, 6) is -2.37. The Hall–Kier alpha value is -2.94. The number of benzene rings is 1. The average molecular weight is 487 g/mol. The molecule has 33 heavy (non-hydrogen) atoms. The van der Waals surface area contributed by atoms with Crippen molar-refractivity contribution in [2.24, 2.45) is 0 Å². The molecule has 2 aromatic rings. The van der Waals surface area contributed by atoms with Gasteiger partial charge in [0, 0.05) is 38.3 Å². The minimum atomic E-state index is -1.76. The molecule has 2 heterocycles. The first-order valence-electron chi connectivity index (χ1n) is 9.98. The number of anilines is 1. The lowest BCUT2D eigenvalue weighted by Gasteiger charge is -2.37. The Morgan fingerprint density at radius 2 is 1.88 bits per heavy atom. The van der Waals surface area contributed by atoms with Gasteiger partial charge in [0.2, 0.25) is 0 Å². The molecule has 1 amide bonds. The van der Waals surface area contributed by atoms with Crippen LogP contribution in [0, 0.1) is 11.6 Å². The van der Waals surface area contributed by atoms with Crippen LogP contribution in [0.3, 0.4) is 0 Å². The van der Waals surface area contributed by atoms with E-state index in [4.69, 9.17) is 22.1 Å². The summed E-state index contributed by atoms with van der Waals surface area (Å²) in [6.07, 6.45) is -1.86. The van der Waals surface area contributed by atoms with E-state index in [0.29, 0.717) is 5.69 Å². The number of carbonyl (C=O) groups is 1. The summed E-state index contributed by atoms with van der Waals surface area (Å²) in [5, 5.41) is 38.8. The lowest BCUT2D eigenvalue weighted by molar-refractivity contribution is -0.148. The average Bonchev–Trinajstić information content (AvgIpc) is 3.30. The van der Waals surface area contributed by atoms with Crippen molar-refractivity contribution in [3.8, 4) is 5.69 Å². The molecule has 11 nitrogen and oxygen atoms in total. The number of amides is 1. The molecular weight excluding hydrogens is 462 g/mol. The fraction of sp³-hybridized carbons (Fsp3) is 0.474. The van der Waals surface area contributed by atoms with Crippen LogP contribution in [0.4, 0.5) is 14.5 Å². The number of aliphatic hydroxyl groups excluding tert-OH is 3. The number of aliphatic hydroxyl groups is 3. The van der Waals surface area contributed by atoms with E-state index < -0.39 is 36.4 Å². The van der Waals surface area contributed by atoms with Gasteiger partial charge in [-0.1, -0.05) is 5.21 Å². The summed E-state index contributed by atoms with van der Waals surface area (Å²) in [7, 11) is 1.42. The predicted molar refractivity (Wildman–Crippen MR) is 116 cm³/mol. The van der Waals surface area contributed by atoms with Crippen molar-refractivity contribution < 1.29 is 33.6 Å². The normalized spacial score (nSPS) is 15.8. The Kier molecular flexibility index (Phi) is 8.07. The molecule has 1 fully saturated rings. The molecule has 0 bridgehead atoms. The second-order valence-electron chi connectivity index (χ2n) is 7.26. The topological polar surface area (TPSA) is 136 Å². The van der Waals surface area contributed by atoms with Crippen LogP contribution in [0.15, 0.2) is 18.3 Å². The molecule has 1 aliphatic rings. The van der Waals surface area contributed by atoms with Gasteiger partial charge in [0.05, 0.1) is 32.1 Å². The Labute approximate surface area is 193 Å². The smallest absolute Gasteiger partial charge is 0.256 e. The number of hydrogen-bond donors (Lipinski definition) is 4. The van der Waals surface area contributed by atoms with Gasteiger partial charge in [-0.05, 0) is 12.2 Å². The van der Waals surface area contributed by atoms with E-state index in [-0.39, 0.29) is 49.3 Å². The first kappa shape index (κ1) is 24.7. The highest BCUT2D eigenvalue weighted by Crippen LogP contribution is 2.27. The van der Waals surface area contributed by atoms with Gasteiger partial charge in [-0.2, -0.15) is 0 Å². The van der Waals surface area contributed by atoms with Gasteiger partial charge in [0.25, 0.3) is 11.1 Å². The maximum absolute atomic E-state index is 14.9. The van der Waals surface area contributed by atoms with Crippen molar-refractivity contribution in [2.75, 3.05) is 44.8 Å². The second kappa shape index (κ2) is 10.8. The molecule has 180 valence electrons. The lowest BCUT2D eigenvalue weighted by Crippen LogP contribution is -2.54. The van der Waals surface area contributed by atoms with Gasteiger partial charge < -0.3 is 35.2 Å². The van der Waals surface area contributed by atoms with Crippen LogP contribution in [0.5, 0.6) is 0 Å². The number of hydrogen-bond acceptors (Lipinski definition) is 9. The summed E-state index contributed by atoms with van der Waals surface area (Å²) in [6, 6.07) is 2.26. The molecule has 4 N–H and O–H groups in total. The quantitative estimate of drug-likeness (QED) is 0.358. The molecule has 0 spiro atoms. The van der Waals surface area contributed by atoms with Crippen molar-refractivity contribution in [1.29, 1.82) is 0 Å². The monoisotopic (exact) mass is 486 g/mol. The maximum atomic E-state index is 14.9. The van der Waals surface area contributed by atoms with Crippen LogP contribution >= 0.6 is 12.2 Å². The zero-order chi connectivity index (χ0) is 24.1. The first-order valence-corrected chi connectivity index (χ1v) is 10.4. The number of nitrogens with one attached hydrogen (secondary N) is 1. The Bertz CT molecular complexity index is 978. The molecule has 1 saturated heterocycles. The van der Waals surface area contributed by atoms with Gasteiger partial charge in [-0.25, -0.2) is 13.5 Å². The Morgan fingerprint density at radius 1 is 1.24 bits per heavy atom. The van der Waals surface area contributed by atoms with Gasteiger partial charge in [-0.3, -0.25) is 4.79 Å². The van der Waals surface area contributed by atoms with Crippen LogP contribution < -0.4 is 10.2 Å². The SMILES string of the molecule is COC(=S)NCc1cn(-c2cc(F)c(N3CCN(C(=O)[C@H](O)[C@@H](O)CO)CC3)c(F)c2)nn1. The number of carbonyl (C=O) groups excluding carboxylic acids is 1. The highest BCUT2D eigenvalue weighted by Gasteiger charge is 2.31. The van der Waals surface area contributed by atoms with Crippen molar-refractivity contribution in [3.63, 3.8) is 0 Å². The number of methoxy groups -OCH3 is 1. The highest BCUT2D eigenvalue weighted by atomic mass is 32.1. The molecule has 0 unspecified atom stereocenters.